The van der Waals surface area contributed by atoms with E-state index in [4.69, 9.17) is 0 Å². The fourth-order valence-corrected chi connectivity index (χ4v) is 4.97. The van der Waals surface area contributed by atoms with Gasteiger partial charge in [-0.2, -0.15) is 0 Å². The first kappa shape index (κ1) is 23.6. The zero-order chi connectivity index (χ0) is 24.5. The van der Waals surface area contributed by atoms with Gasteiger partial charge in [0.15, 0.2) is 15.6 Å². The first-order chi connectivity index (χ1) is 16.1. The summed E-state index contributed by atoms with van der Waals surface area (Å²) >= 11 is 0. The first-order valence-electron chi connectivity index (χ1n) is 10.9. The summed E-state index contributed by atoms with van der Waals surface area (Å²) < 4.78 is 23.9. The minimum absolute atomic E-state index is 0.0182. The summed E-state index contributed by atoms with van der Waals surface area (Å²) in [6, 6.07) is 12.7. The van der Waals surface area contributed by atoms with Gasteiger partial charge in [-0.15, -0.1) is 0 Å². The molecule has 1 aliphatic rings. The van der Waals surface area contributed by atoms with Crippen LogP contribution in [-0.2, 0) is 32.9 Å². The number of Topliss-reactive ketones (excluding diaryl/α,β-unsaturated/α-hetero) is 1. The molecule has 34 heavy (non-hydrogen) atoms. The number of amides is 1. The lowest BCUT2D eigenvalue weighted by atomic mass is 9.69. The Balaban J connectivity index is 1.46. The number of hydrogen-bond acceptors (Lipinski definition) is 7. The molecule has 9 heteroatoms. The van der Waals surface area contributed by atoms with Crippen LogP contribution in [0.25, 0.3) is 0 Å². The molecule has 2 heterocycles. The van der Waals surface area contributed by atoms with Crippen LogP contribution in [0.5, 0.6) is 5.88 Å². The van der Waals surface area contributed by atoms with Crippen LogP contribution in [0.1, 0.15) is 47.4 Å². The van der Waals surface area contributed by atoms with E-state index in [1.165, 1.54) is 24.4 Å². The highest BCUT2D eigenvalue weighted by molar-refractivity contribution is 7.91. The maximum absolute atomic E-state index is 13.3. The number of fused-ring (bicyclic) bond motifs is 1. The van der Waals surface area contributed by atoms with Crippen molar-refractivity contribution in [3.63, 3.8) is 0 Å². The van der Waals surface area contributed by atoms with Crippen LogP contribution in [0.4, 0.5) is 5.82 Å². The Hall–Kier alpha value is -3.59. The second-order valence-electron chi connectivity index (χ2n) is 8.53. The quantitative estimate of drug-likeness (QED) is 0.556. The van der Waals surface area contributed by atoms with Gasteiger partial charge in [-0.1, -0.05) is 25.1 Å². The van der Waals surface area contributed by atoms with Crippen molar-refractivity contribution in [2.45, 2.75) is 43.4 Å². The van der Waals surface area contributed by atoms with Gasteiger partial charge in [0.2, 0.25) is 11.8 Å². The van der Waals surface area contributed by atoms with Crippen molar-refractivity contribution < 1.29 is 23.1 Å². The maximum Gasteiger partial charge on any atom is 0.229 e. The predicted molar refractivity (Wildman–Crippen MR) is 127 cm³/mol. The third-order valence-electron chi connectivity index (χ3n) is 6.26. The summed E-state index contributed by atoms with van der Waals surface area (Å²) in [5.41, 5.74) is 1.78. The Labute approximate surface area is 198 Å². The highest BCUT2D eigenvalue weighted by Gasteiger charge is 2.40. The highest BCUT2D eigenvalue weighted by Crippen LogP contribution is 2.38. The number of pyridine rings is 2. The Morgan fingerprint density at radius 3 is 2.50 bits per heavy atom. The number of sulfone groups is 1. The molecule has 1 aromatic carbocycles. The third-order valence-corrected chi connectivity index (χ3v) is 8.01. The number of aryl methyl sites for hydroxylation is 1. The molecule has 0 radical (unpaired) electrons. The fourth-order valence-electron chi connectivity index (χ4n) is 4.09. The summed E-state index contributed by atoms with van der Waals surface area (Å²) in [5, 5.41) is 12.2. The van der Waals surface area contributed by atoms with Crippen LogP contribution >= 0.6 is 0 Å². The van der Waals surface area contributed by atoms with Gasteiger partial charge < -0.3 is 10.4 Å². The molecule has 0 bridgehead atoms. The van der Waals surface area contributed by atoms with Crippen molar-refractivity contribution in [1.82, 2.24) is 9.97 Å². The van der Waals surface area contributed by atoms with Crippen LogP contribution in [0.3, 0.4) is 0 Å². The Morgan fingerprint density at radius 2 is 1.85 bits per heavy atom. The van der Waals surface area contributed by atoms with Crippen molar-refractivity contribution in [1.29, 1.82) is 0 Å². The van der Waals surface area contributed by atoms with Gasteiger partial charge >= 0.3 is 0 Å². The van der Waals surface area contributed by atoms with E-state index in [-0.39, 0.29) is 34.6 Å². The number of carbonyl (C=O) groups is 2. The number of rotatable bonds is 6. The van der Waals surface area contributed by atoms with Crippen molar-refractivity contribution in [3.05, 3.63) is 77.1 Å². The van der Waals surface area contributed by atoms with E-state index in [1.54, 1.807) is 37.3 Å². The largest absolute Gasteiger partial charge is 0.493 e. The number of benzene rings is 1. The minimum Gasteiger partial charge on any atom is -0.493 e. The summed E-state index contributed by atoms with van der Waals surface area (Å²) in [6.07, 6.45) is 2.67. The van der Waals surface area contributed by atoms with Crippen LogP contribution in [-0.4, -0.2) is 40.9 Å². The second kappa shape index (κ2) is 8.98. The molecule has 0 fully saturated rings. The van der Waals surface area contributed by atoms with E-state index in [9.17, 15) is 23.1 Å². The number of aromatic hydroxyl groups is 1. The SMILES string of the molecule is CCS(=O)(=O)c1ccc(CC(=O)Nc2ccc3c(n2)CCC(C)(c2ccc(O)nc2)C3=O)cc1. The smallest absolute Gasteiger partial charge is 0.229 e. The molecule has 4 rings (SSSR count). The van der Waals surface area contributed by atoms with E-state index < -0.39 is 15.3 Å². The zero-order valence-corrected chi connectivity index (χ0v) is 19.7. The van der Waals surface area contributed by atoms with E-state index in [0.29, 0.717) is 35.5 Å². The first-order valence-corrected chi connectivity index (χ1v) is 12.6. The molecule has 0 aliphatic heterocycles. The number of hydrogen-bond donors (Lipinski definition) is 2. The van der Waals surface area contributed by atoms with E-state index in [0.717, 1.165) is 5.56 Å². The summed E-state index contributed by atoms with van der Waals surface area (Å²) in [7, 11) is -3.29. The number of nitrogens with one attached hydrogen (secondary N) is 1. The lowest BCUT2D eigenvalue weighted by molar-refractivity contribution is -0.115. The van der Waals surface area contributed by atoms with Gasteiger partial charge in [-0.25, -0.2) is 18.4 Å². The van der Waals surface area contributed by atoms with Crippen LogP contribution in [0, 0.1) is 0 Å². The normalized spacial score (nSPS) is 17.8. The number of aromatic nitrogens is 2. The topological polar surface area (TPSA) is 126 Å². The van der Waals surface area contributed by atoms with Crippen LogP contribution < -0.4 is 5.32 Å². The molecule has 0 saturated heterocycles. The molecular formula is C25H25N3O5S. The summed E-state index contributed by atoms with van der Waals surface area (Å²) in [5.74, 6) is -0.0873. The van der Waals surface area contributed by atoms with Crippen molar-refractivity contribution in [2.24, 2.45) is 0 Å². The van der Waals surface area contributed by atoms with Gasteiger partial charge in [-0.05, 0) is 55.2 Å². The fraction of sp³-hybridized carbons (Fsp3) is 0.280. The third kappa shape index (κ3) is 4.56. The Morgan fingerprint density at radius 1 is 1.12 bits per heavy atom. The van der Waals surface area contributed by atoms with Crippen molar-refractivity contribution in [3.8, 4) is 5.88 Å². The molecule has 2 aromatic heterocycles. The van der Waals surface area contributed by atoms with Gasteiger partial charge in [0, 0.05) is 17.8 Å². The zero-order valence-electron chi connectivity index (χ0n) is 18.9. The van der Waals surface area contributed by atoms with Gasteiger partial charge in [0.05, 0.1) is 28.2 Å². The predicted octanol–water partition coefficient (Wildman–Crippen LogP) is 3.24. The lowest BCUT2D eigenvalue weighted by Gasteiger charge is -2.33. The van der Waals surface area contributed by atoms with Gasteiger partial charge in [-0.3, -0.25) is 9.59 Å². The van der Waals surface area contributed by atoms with E-state index in [2.05, 4.69) is 15.3 Å². The summed E-state index contributed by atoms with van der Waals surface area (Å²) in [6.45, 7) is 3.44. The van der Waals surface area contributed by atoms with Crippen molar-refractivity contribution >= 4 is 27.3 Å². The number of anilines is 1. The lowest BCUT2D eigenvalue weighted by Crippen LogP contribution is -2.38. The standard InChI is InChI=1S/C25H25N3O5S/c1-3-34(32,33)18-7-4-16(5-8-18)14-23(30)28-21-10-9-19-20(27-21)12-13-25(2,24(19)31)17-6-11-22(29)26-15-17/h4-11,15H,3,12-14H2,1-2H3,(H,26,29)(H,27,28,30). The summed E-state index contributed by atoms with van der Waals surface area (Å²) in [4.78, 5) is 34.4. The molecular weight excluding hydrogens is 454 g/mol. The number of carbonyl (C=O) groups excluding carboxylic acids is 2. The molecule has 3 aromatic rings. The molecule has 0 saturated carbocycles. The van der Waals surface area contributed by atoms with E-state index in [1.807, 2.05) is 6.92 Å². The molecule has 2 N–H and O–H groups in total. The number of nitrogens with zero attached hydrogens (tertiary/aromatic N) is 2. The van der Waals surface area contributed by atoms with Crippen LogP contribution in [0.2, 0.25) is 0 Å². The maximum atomic E-state index is 13.3. The Bertz CT molecular complexity index is 1350. The molecule has 1 amide bonds. The highest BCUT2D eigenvalue weighted by atomic mass is 32.2. The van der Waals surface area contributed by atoms with Gasteiger partial charge in [0.1, 0.15) is 5.82 Å². The molecule has 0 spiro atoms. The molecule has 176 valence electrons. The number of ketones is 1. The van der Waals surface area contributed by atoms with Crippen LogP contribution in [0.15, 0.2) is 59.6 Å². The average molecular weight is 480 g/mol. The molecule has 1 atom stereocenters. The van der Waals surface area contributed by atoms with Crippen molar-refractivity contribution in [2.75, 3.05) is 11.1 Å². The molecule has 8 nitrogen and oxygen atoms in total. The molecule has 1 aliphatic carbocycles. The van der Waals surface area contributed by atoms with E-state index >= 15 is 0 Å². The average Bonchev–Trinajstić information content (AvgIpc) is 2.82. The second-order valence-corrected chi connectivity index (χ2v) is 10.8. The van der Waals surface area contributed by atoms with Gasteiger partial charge in [0.25, 0.3) is 0 Å². The minimum atomic E-state index is -3.29. The Kier molecular flexibility index (Phi) is 6.22. The molecule has 1 unspecified atom stereocenters. The monoisotopic (exact) mass is 479 g/mol.